The third-order valence-electron chi connectivity index (χ3n) is 2.75. The van der Waals surface area contributed by atoms with Crippen molar-refractivity contribution < 1.29 is 9.53 Å². The monoisotopic (exact) mass is 238 g/mol. The number of nitrogens with zero attached hydrogens (tertiary/aromatic N) is 3. The number of nitrogens with one attached hydrogen (secondary N) is 1. The maximum absolute atomic E-state index is 11.7. The fraction of sp³-hybridized carbons (Fsp3) is 0.636. The Hall–Kier alpha value is -1.56. The highest BCUT2D eigenvalue weighted by molar-refractivity contribution is 5.88. The van der Waals surface area contributed by atoms with Gasteiger partial charge in [-0.2, -0.15) is 5.10 Å². The van der Waals surface area contributed by atoms with Gasteiger partial charge in [-0.3, -0.25) is 10.00 Å². The highest BCUT2D eigenvalue weighted by Crippen LogP contribution is 2.15. The van der Waals surface area contributed by atoms with Crippen molar-refractivity contribution in [2.75, 3.05) is 32.1 Å². The van der Waals surface area contributed by atoms with E-state index in [0.29, 0.717) is 24.9 Å². The molecule has 1 aliphatic heterocycles. The van der Waals surface area contributed by atoms with Crippen LogP contribution in [0, 0.1) is 5.92 Å². The summed E-state index contributed by atoms with van der Waals surface area (Å²) in [7, 11) is 1.65. The Morgan fingerprint density at radius 1 is 1.65 bits per heavy atom. The molecule has 0 radical (unpaired) electrons. The standard InChI is InChI=1S/C11H18N4O2/c1-9-7-14(8-9)11(16)12-10-3-4-15(13-10)5-6-17-2/h3-4,9H,5-8H2,1-2H3,(H,12,13,16). The van der Waals surface area contributed by atoms with Crippen molar-refractivity contribution >= 4 is 11.8 Å². The number of urea groups is 1. The van der Waals surface area contributed by atoms with Crippen LogP contribution in [0.25, 0.3) is 0 Å². The number of likely N-dealkylation sites (tertiary alicyclic amines) is 1. The Morgan fingerprint density at radius 2 is 2.41 bits per heavy atom. The van der Waals surface area contributed by atoms with E-state index in [1.54, 1.807) is 22.8 Å². The molecular weight excluding hydrogens is 220 g/mol. The van der Waals surface area contributed by atoms with Crippen LogP contribution in [0.1, 0.15) is 6.92 Å². The summed E-state index contributed by atoms with van der Waals surface area (Å²) in [5.41, 5.74) is 0. The number of carbonyl (C=O) groups excluding carboxylic acids is 1. The van der Waals surface area contributed by atoms with Gasteiger partial charge in [-0.05, 0) is 5.92 Å². The van der Waals surface area contributed by atoms with Crippen LogP contribution in [0.15, 0.2) is 12.3 Å². The highest BCUT2D eigenvalue weighted by Gasteiger charge is 2.27. The Morgan fingerprint density at radius 3 is 3.06 bits per heavy atom. The van der Waals surface area contributed by atoms with E-state index in [2.05, 4.69) is 17.3 Å². The number of aromatic nitrogens is 2. The van der Waals surface area contributed by atoms with Gasteiger partial charge in [0.05, 0.1) is 13.2 Å². The molecule has 1 N–H and O–H groups in total. The van der Waals surface area contributed by atoms with Crippen molar-refractivity contribution in [3.8, 4) is 0 Å². The largest absolute Gasteiger partial charge is 0.383 e. The van der Waals surface area contributed by atoms with Crippen molar-refractivity contribution in [1.82, 2.24) is 14.7 Å². The van der Waals surface area contributed by atoms with Gasteiger partial charge in [-0.25, -0.2) is 4.79 Å². The molecule has 2 heterocycles. The lowest BCUT2D eigenvalue weighted by Gasteiger charge is -2.36. The quantitative estimate of drug-likeness (QED) is 0.851. The Labute approximate surface area is 101 Å². The average molecular weight is 238 g/mol. The Bertz CT molecular complexity index is 385. The summed E-state index contributed by atoms with van der Waals surface area (Å²) >= 11 is 0. The van der Waals surface area contributed by atoms with Gasteiger partial charge in [0.2, 0.25) is 0 Å². The second-order valence-electron chi connectivity index (χ2n) is 4.40. The van der Waals surface area contributed by atoms with Crippen molar-refractivity contribution in [3.63, 3.8) is 0 Å². The lowest BCUT2D eigenvalue weighted by Crippen LogP contribution is -2.50. The number of carbonyl (C=O) groups is 1. The second kappa shape index (κ2) is 5.18. The zero-order valence-corrected chi connectivity index (χ0v) is 10.2. The van der Waals surface area contributed by atoms with Gasteiger partial charge in [0.25, 0.3) is 0 Å². The molecule has 2 amide bonds. The molecule has 1 fully saturated rings. The Balaban J connectivity index is 1.82. The van der Waals surface area contributed by atoms with Crippen LogP contribution < -0.4 is 5.32 Å². The van der Waals surface area contributed by atoms with Gasteiger partial charge in [-0.15, -0.1) is 0 Å². The molecule has 0 aromatic carbocycles. The van der Waals surface area contributed by atoms with E-state index in [-0.39, 0.29) is 6.03 Å². The third kappa shape index (κ3) is 2.97. The van der Waals surface area contributed by atoms with Crippen LogP contribution >= 0.6 is 0 Å². The maximum atomic E-state index is 11.7. The molecule has 0 unspecified atom stereocenters. The Kier molecular flexibility index (Phi) is 3.63. The summed E-state index contributed by atoms with van der Waals surface area (Å²) in [6.45, 7) is 5.08. The van der Waals surface area contributed by atoms with E-state index in [9.17, 15) is 4.79 Å². The second-order valence-corrected chi connectivity index (χ2v) is 4.40. The van der Waals surface area contributed by atoms with Gasteiger partial charge in [0.1, 0.15) is 0 Å². The summed E-state index contributed by atoms with van der Waals surface area (Å²) in [6, 6.07) is 1.72. The molecule has 6 heteroatoms. The van der Waals surface area contributed by atoms with Crippen LogP contribution in [0.4, 0.5) is 10.6 Å². The van der Waals surface area contributed by atoms with E-state index >= 15 is 0 Å². The fourth-order valence-corrected chi connectivity index (χ4v) is 1.79. The molecule has 94 valence electrons. The maximum Gasteiger partial charge on any atom is 0.323 e. The minimum atomic E-state index is -0.0694. The molecule has 17 heavy (non-hydrogen) atoms. The summed E-state index contributed by atoms with van der Waals surface area (Å²) in [5, 5.41) is 7.00. The number of ether oxygens (including phenoxy) is 1. The van der Waals surface area contributed by atoms with E-state index in [1.807, 2.05) is 6.20 Å². The minimum Gasteiger partial charge on any atom is -0.383 e. The lowest BCUT2D eigenvalue weighted by atomic mass is 10.0. The first-order valence-electron chi connectivity index (χ1n) is 5.77. The molecule has 6 nitrogen and oxygen atoms in total. The molecule has 0 spiro atoms. The lowest BCUT2D eigenvalue weighted by molar-refractivity contribution is 0.140. The predicted octanol–water partition coefficient (Wildman–Crippen LogP) is 1.01. The van der Waals surface area contributed by atoms with Crippen molar-refractivity contribution in [2.24, 2.45) is 5.92 Å². The van der Waals surface area contributed by atoms with Crippen molar-refractivity contribution in [1.29, 1.82) is 0 Å². The van der Waals surface area contributed by atoms with E-state index in [1.165, 1.54) is 0 Å². The van der Waals surface area contributed by atoms with Gasteiger partial charge >= 0.3 is 6.03 Å². The molecule has 0 saturated carbocycles. The minimum absolute atomic E-state index is 0.0694. The van der Waals surface area contributed by atoms with E-state index in [0.717, 1.165) is 13.1 Å². The molecule has 0 bridgehead atoms. The topological polar surface area (TPSA) is 59.4 Å². The SMILES string of the molecule is COCCn1ccc(NC(=O)N2CC(C)C2)n1. The molecule has 1 aliphatic rings. The number of anilines is 1. The number of amides is 2. The first-order chi connectivity index (χ1) is 8.19. The normalized spacial score (nSPS) is 15.8. The smallest absolute Gasteiger partial charge is 0.323 e. The molecule has 0 aliphatic carbocycles. The van der Waals surface area contributed by atoms with Crippen LogP contribution in [-0.4, -0.2) is 47.5 Å². The van der Waals surface area contributed by atoms with E-state index < -0.39 is 0 Å². The first kappa shape index (κ1) is 11.9. The van der Waals surface area contributed by atoms with Gasteiger partial charge in [0, 0.05) is 32.5 Å². The van der Waals surface area contributed by atoms with Crippen LogP contribution in [0.2, 0.25) is 0 Å². The predicted molar refractivity (Wildman–Crippen MR) is 63.9 cm³/mol. The van der Waals surface area contributed by atoms with Crippen LogP contribution in [0.3, 0.4) is 0 Å². The number of methoxy groups -OCH3 is 1. The average Bonchev–Trinajstić information content (AvgIpc) is 2.69. The van der Waals surface area contributed by atoms with Crippen LogP contribution in [-0.2, 0) is 11.3 Å². The van der Waals surface area contributed by atoms with Gasteiger partial charge in [0.15, 0.2) is 5.82 Å². The summed E-state index contributed by atoms with van der Waals surface area (Å²) in [6.07, 6.45) is 1.83. The fourth-order valence-electron chi connectivity index (χ4n) is 1.79. The van der Waals surface area contributed by atoms with Crippen LogP contribution in [0.5, 0.6) is 0 Å². The van der Waals surface area contributed by atoms with Crippen molar-refractivity contribution in [2.45, 2.75) is 13.5 Å². The van der Waals surface area contributed by atoms with Gasteiger partial charge < -0.3 is 9.64 Å². The third-order valence-corrected chi connectivity index (χ3v) is 2.75. The number of rotatable bonds is 4. The molecule has 1 saturated heterocycles. The van der Waals surface area contributed by atoms with Crippen molar-refractivity contribution in [3.05, 3.63) is 12.3 Å². The first-order valence-corrected chi connectivity index (χ1v) is 5.77. The molecule has 1 aromatic rings. The zero-order chi connectivity index (χ0) is 12.3. The molecule has 0 atom stereocenters. The molecular formula is C11H18N4O2. The number of hydrogen-bond donors (Lipinski definition) is 1. The van der Waals surface area contributed by atoms with E-state index in [4.69, 9.17) is 4.74 Å². The summed E-state index contributed by atoms with van der Waals surface area (Å²) < 4.78 is 6.70. The summed E-state index contributed by atoms with van der Waals surface area (Å²) in [5.74, 6) is 1.20. The molecule has 1 aromatic heterocycles. The molecule has 2 rings (SSSR count). The number of hydrogen-bond acceptors (Lipinski definition) is 3. The zero-order valence-electron chi connectivity index (χ0n) is 10.2. The summed E-state index contributed by atoms with van der Waals surface area (Å²) in [4.78, 5) is 13.5. The van der Waals surface area contributed by atoms with Gasteiger partial charge in [-0.1, -0.05) is 6.92 Å². The highest BCUT2D eigenvalue weighted by atomic mass is 16.5.